The summed E-state index contributed by atoms with van der Waals surface area (Å²) in [5.74, 6) is -5.99. The molecule has 0 bridgehead atoms. The summed E-state index contributed by atoms with van der Waals surface area (Å²) in [5, 5.41) is 42.0. The fourth-order valence-electron chi connectivity index (χ4n) is 2.35. The minimum Gasteiger partial charge on any atom is -0.480 e. The van der Waals surface area contributed by atoms with Crippen molar-refractivity contribution in [3.8, 4) is 0 Å². The summed E-state index contributed by atoms with van der Waals surface area (Å²) in [5.41, 5.74) is -2.52. The molecule has 26 heavy (non-hydrogen) atoms. The van der Waals surface area contributed by atoms with E-state index in [1.165, 1.54) is 29.1 Å². The monoisotopic (exact) mass is 363 g/mol. The van der Waals surface area contributed by atoms with Crippen LogP contribution in [0.25, 0.3) is 0 Å². The molecule has 0 atom stereocenters. The molecule has 0 aliphatic carbocycles. The lowest BCUT2D eigenvalue weighted by atomic mass is 9.82. The Morgan fingerprint density at radius 3 is 2.27 bits per heavy atom. The van der Waals surface area contributed by atoms with Crippen LogP contribution < -0.4 is 0 Å². The molecular weight excluding hydrogens is 350 g/mol. The molecule has 136 valence electrons. The molecule has 0 unspecified atom stereocenters. The number of hydrogen-bond donors (Lipinski definition) is 3. The summed E-state index contributed by atoms with van der Waals surface area (Å²) in [6.45, 7) is 0.0991. The maximum atomic E-state index is 11.3. The van der Waals surface area contributed by atoms with E-state index in [2.05, 4.69) is 5.10 Å². The average molecular weight is 363 g/mol. The molecule has 2 rings (SSSR count). The number of aliphatic carboxylic acids is 3. The van der Waals surface area contributed by atoms with Crippen molar-refractivity contribution in [2.45, 2.75) is 13.0 Å². The number of aromatic nitrogens is 2. The van der Waals surface area contributed by atoms with Gasteiger partial charge in [-0.3, -0.25) is 29.2 Å². The van der Waals surface area contributed by atoms with Crippen LogP contribution in [0.4, 0.5) is 5.69 Å². The van der Waals surface area contributed by atoms with Gasteiger partial charge < -0.3 is 15.3 Å². The van der Waals surface area contributed by atoms with Crippen LogP contribution in [0.1, 0.15) is 11.1 Å². The highest BCUT2D eigenvalue weighted by atomic mass is 16.6. The summed E-state index contributed by atoms with van der Waals surface area (Å²) in [7, 11) is 0. The lowest BCUT2D eigenvalue weighted by Crippen LogP contribution is -2.48. The van der Waals surface area contributed by atoms with E-state index in [-0.39, 0.29) is 17.8 Å². The molecule has 1 aromatic carbocycles. The highest BCUT2D eigenvalue weighted by Crippen LogP contribution is 2.25. The maximum Gasteiger partial charge on any atom is 0.333 e. The van der Waals surface area contributed by atoms with Gasteiger partial charge in [-0.2, -0.15) is 5.10 Å². The summed E-state index contributed by atoms with van der Waals surface area (Å²) in [6.07, 6.45) is 1.64. The molecule has 0 fully saturated rings. The predicted molar refractivity (Wildman–Crippen MR) is 83.5 cm³/mol. The molecule has 0 amide bonds. The Morgan fingerprint density at radius 2 is 1.73 bits per heavy atom. The first kappa shape index (κ1) is 18.6. The number of non-ortho nitro benzene ring substituents is 1. The van der Waals surface area contributed by atoms with E-state index in [1.807, 2.05) is 0 Å². The Bertz CT molecular complexity index is 852. The molecule has 0 spiro atoms. The van der Waals surface area contributed by atoms with E-state index in [0.29, 0.717) is 5.56 Å². The molecule has 0 aliphatic heterocycles. The van der Waals surface area contributed by atoms with Crippen LogP contribution in [0.15, 0.2) is 36.7 Å². The first-order valence-electron chi connectivity index (χ1n) is 7.11. The summed E-state index contributed by atoms with van der Waals surface area (Å²) >= 11 is 0. The van der Waals surface area contributed by atoms with Gasteiger partial charge in [0.2, 0.25) is 0 Å². The van der Waals surface area contributed by atoms with Crippen molar-refractivity contribution in [1.29, 1.82) is 0 Å². The van der Waals surface area contributed by atoms with Gasteiger partial charge in [-0.05, 0) is 11.1 Å². The first-order valence-corrected chi connectivity index (χ1v) is 7.11. The van der Waals surface area contributed by atoms with Crippen molar-refractivity contribution in [1.82, 2.24) is 9.78 Å². The van der Waals surface area contributed by atoms with Gasteiger partial charge in [0.1, 0.15) is 0 Å². The van der Waals surface area contributed by atoms with E-state index < -0.39 is 34.7 Å². The second kappa shape index (κ2) is 7.01. The number of rotatable bonds is 8. The Hall–Kier alpha value is -3.76. The molecule has 0 aliphatic rings. The highest BCUT2D eigenvalue weighted by molar-refractivity contribution is 6.16. The number of nitro groups is 1. The van der Waals surface area contributed by atoms with Crippen molar-refractivity contribution >= 4 is 23.6 Å². The average Bonchev–Trinajstić information content (AvgIpc) is 2.98. The summed E-state index contributed by atoms with van der Waals surface area (Å²) in [4.78, 5) is 44.0. The van der Waals surface area contributed by atoms with Gasteiger partial charge in [0.25, 0.3) is 11.1 Å². The van der Waals surface area contributed by atoms with Crippen molar-refractivity contribution in [3.63, 3.8) is 0 Å². The number of carboxylic acid groups (broad SMARTS) is 3. The minimum atomic E-state index is -3.03. The van der Waals surface area contributed by atoms with Crippen molar-refractivity contribution in [3.05, 3.63) is 57.9 Å². The zero-order chi connectivity index (χ0) is 19.5. The third kappa shape index (κ3) is 3.50. The Balaban J connectivity index is 2.25. The predicted octanol–water partition coefficient (Wildman–Crippen LogP) is 0.622. The van der Waals surface area contributed by atoms with Crippen LogP contribution in [-0.2, 0) is 27.3 Å². The Morgan fingerprint density at radius 1 is 1.12 bits per heavy atom. The standard InChI is InChI=1S/C15H13N3O8/c19-12(20)15(13(21)22,14(23)24)5-10-6-16-17(8-10)7-9-2-1-3-11(4-9)18(25)26/h1-4,6,8H,5,7H2,(H,19,20)(H,21,22)(H,23,24). The number of hydrogen-bond acceptors (Lipinski definition) is 6. The van der Waals surface area contributed by atoms with Crippen LogP contribution in [0.3, 0.4) is 0 Å². The van der Waals surface area contributed by atoms with Gasteiger partial charge in [0.15, 0.2) is 0 Å². The van der Waals surface area contributed by atoms with Crippen LogP contribution in [-0.4, -0.2) is 47.9 Å². The van der Waals surface area contributed by atoms with E-state index in [1.54, 1.807) is 6.07 Å². The fraction of sp³-hybridized carbons (Fsp3) is 0.200. The Labute approximate surface area is 145 Å². The summed E-state index contributed by atoms with van der Waals surface area (Å²) < 4.78 is 1.30. The number of benzene rings is 1. The largest absolute Gasteiger partial charge is 0.480 e. The molecule has 11 nitrogen and oxygen atoms in total. The zero-order valence-electron chi connectivity index (χ0n) is 13.1. The molecule has 11 heteroatoms. The second-order valence-electron chi connectivity index (χ2n) is 5.47. The van der Waals surface area contributed by atoms with Gasteiger partial charge in [-0.15, -0.1) is 0 Å². The van der Waals surface area contributed by atoms with E-state index in [0.717, 1.165) is 6.20 Å². The second-order valence-corrected chi connectivity index (χ2v) is 5.47. The van der Waals surface area contributed by atoms with Gasteiger partial charge >= 0.3 is 17.9 Å². The van der Waals surface area contributed by atoms with Gasteiger partial charge in [-0.1, -0.05) is 12.1 Å². The quantitative estimate of drug-likeness (QED) is 0.345. The molecule has 2 aromatic rings. The van der Waals surface area contributed by atoms with E-state index >= 15 is 0 Å². The normalized spacial score (nSPS) is 11.1. The number of nitro benzene ring substituents is 1. The van der Waals surface area contributed by atoms with Crippen LogP contribution in [0.2, 0.25) is 0 Å². The van der Waals surface area contributed by atoms with Gasteiger partial charge in [0, 0.05) is 24.8 Å². The first-order chi connectivity index (χ1) is 12.2. The Kier molecular flexibility index (Phi) is 5.01. The number of carbonyl (C=O) groups is 3. The van der Waals surface area contributed by atoms with E-state index in [4.69, 9.17) is 15.3 Å². The third-order valence-electron chi connectivity index (χ3n) is 3.72. The highest BCUT2D eigenvalue weighted by Gasteiger charge is 2.54. The van der Waals surface area contributed by atoms with Crippen molar-refractivity contribution in [2.75, 3.05) is 0 Å². The number of carboxylic acids is 3. The van der Waals surface area contributed by atoms with Gasteiger partial charge in [0.05, 0.1) is 17.7 Å². The fourth-order valence-corrected chi connectivity index (χ4v) is 2.35. The van der Waals surface area contributed by atoms with Crippen molar-refractivity contribution in [2.24, 2.45) is 5.41 Å². The summed E-state index contributed by atoms with van der Waals surface area (Å²) in [6, 6.07) is 5.75. The maximum absolute atomic E-state index is 11.3. The van der Waals surface area contributed by atoms with E-state index in [9.17, 15) is 24.5 Å². The molecule has 1 aromatic heterocycles. The SMILES string of the molecule is O=C(O)C(Cc1cnn(Cc2cccc([N+](=O)[O-])c2)c1)(C(=O)O)C(=O)O. The van der Waals surface area contributed by atoms with Crippen molar-refractivity contribution < 1.29 is 34.6 Å². The molecule has 0 radical (unpaired) electrons. The smallest absolute Gasteiger partial charge is 0.333 e. The zero-order valence-corrected chi connectivity index (χ0v) is 13.1. The molecule has 3 N–H and O–H groups in total. The third-order valence-corrected chi connectivity index (χ3v) is 3.72. The lowest BCUT2D eigenvalue weighted by Gasteiger charge is -2.18. The topological polar surface area (TPSA) is 173 Å². The number of nitrogens with zero attached hydrogens (tertiary/aromatic N) is 3. The molecule has 1 heterocycles. The minimum absolute atomic E-state index is 0.0858. The van der Waals surface area contributed by atoms with Crippen LogP contribution >= 0.6 is 0 Å². The lowest BCUT2D eigenvalue weighted by molar-refractivity contribution is -0.384. The molecular formula is C15H13N3O8. The molecule has 0 saturated heterocycles. The van der Waals surface area contributed by atoms with Crippen LogP contribution in [0.5, 0.6) is 0 Å². The van der Waals surface area contributed by atoms with Crippen LogP contribution in [0, 0.1) is 15.5 Å². The molecule has 0 saturated carbocycles. The van der Waals surface area contributed by atoms with Gasteiger partial charge in [-0.25, -0.2) is 0 Å².